The largest absolute Gasteiger partial charge is 0.339 e. The van der Waals surface area contributed by atoms with Gasteiger partial charge in [-0.15, -0.1) is 0 Å². The van der Waals surface area contributed by atoms with Gasteiger partial charge in [0.1, 0.15) is 5.82 Å². The zero-order chi connectivity index (χ0) is 20.0. The van der Waals surface area contributed by atoms with Crippen LogP contribution in [0.15, 0.2) is 39.3 Å². The van der Waals surface area contributed by atoms with Crippen LogP contribution in [0.3, 0.4) is 0 Å². The first-order valence-electron chi connectivity index (χ1n) is 9.00. The van der Waals surface area contributed by atoms with E-state index < -0.39 is 0 Å². The SMILES string of the molecule is Cc1cc(C)c(N2CC(c3nc(-c4ccc(F)c(Br)c4)no3)CC2=O)c(C)c1. The van der Waals surface area contributed by atoms with E-state index in [4.69, 9.17) is 4.52 Å². The Morgan fingerprint density at radius 2 is 1.89 bits per heavy atom. The van der Waals surface area contributed by atoms with Gasteiger partial charge < -0.3 is 9.42 Å². The van der Waals surface area contributed by atoms with Crippen LogP contribution in [0.2, 0.25) is 0 Å². The quantitative estimate of drug-likeness (QED) is 0.565. The lowest BCUT2D eigenvalue weighted by Gasteiger charge is -2.21. The summed E-state index contributed by atoms with van der Waals surface area (Å²) in [6.45, 7) is 6.59. The van der Waals surface area contributed by atoms with Crippen LogP contribution in [0, 0.1) is 26.6 Å². The average Bonchev–Trinajstić information content (AvgIpc) is 3.24. The van der Waals surface area contributed by atoms with Crippen molar-refractivity contribution in [2.75, 3.05) is 11.4 Å². The van der Waals surface area contributed by atoms with Crippen molar-refractivity contribution in [3.05, 3.63) is 63.2 Å². The van der Waals surface area contributed by atoms with Crippen molar-refractivity contribution < 1.29 is 13.7 Å². The second-order valence-electron chi connectivity index (χ2n) is 7.24. The summed E-state index contributed by atoms with van der Waals surface area (Å²) in [4.78, 5) is 19.0. The molecule has 1 aliphatic rings. The summed E-state index contributed by atoms with van der Waals surface area (Å²) in [5.41, 5.74) is 4.94. The Morgan fingerprint density at radius 3 is 2.57 bits per heavy atom. The Bertz CT molecular complexity index is 1060. The number of carbonyl (C=O) groups is 1. The van der Waals surface area contributed by atoms with Gasteiger partial charge in [-0.1, -0.05) is 22.9 Å². The predicted octanol–water partition coefficient (Wildman–Crippen LogP) is 5.08. The Kier molecular flexibility index (Phi) is 4.79. The van der Waals surface area contributed by atoms with E-state index >= 15 is 0 Å². The normalized spacial score (nSPS) is 16.8. The maximum Gasteiger partial charge on any atom is 0.232 e. The van der Waals surface area contributed by atoms with E-state index in [1.807, 2.05) is 25.7 Å². The minimum atomic E-state index is -0.353. The molecule has 0 bridgehead atoms. The molecule has 1 unspecified atom stereocenters. The van der Waals surface area contributed by atoms with Gasteiger partial charge in [-0.05, 0) is 66.0 Å². The second kappa shape index (κ2) is 7.13. The second-order valence-corrected chi connectivity index (χ2v) is 8.09. The summed E-state index contributed by atoms with van der Waals surface area (Å²) < 4.78 is 19.2. The van der Waals surface area contributed by atoms with Crippen molar-refractivity contribution in [2.24, 2.45) is 0 Å². The first-order chi connectivity index (χ1) is 13.3. The third-order valence-corrected chi connectivity index (χ3v) is 5.61. The van der Waals surface area contributed by atoms with E-state index in [1.54, 1.807) is 12.1 Å². The molecule has 1 amide bonds. The number of benzene rings is 2. The molecule has 1 aromatic heterocycles. The molecule has 2 heterocycles. The number of halogens is 2. The molecular weight excluding hydrogens is 425 g/mol. The van der Waals surface area contributed by atoms with Gasteiger partial charge in [0.25, 0.3) is 0 Å². The molecule has 0 N–H and O–H groups in total. The third kappa shape index (κ3) is 3.35. The molecule has 0 spiro atoms. The minimum Gasteiger partial charge on any atom is -0.339 e. The highest BCUT2D eigenvalue weighted by atomic mass is 79.9. The zero-order valence-corrected chi connectivity index (χ0v) is 17.4. The van der Waals surface area contributed by atoms with E-state index in [0.717, 1.165) is 16.8 Å². The number of aromatic nitrogens is 2. The third-order valence-electron chi connectivity index (χ3n) is 5.00. The highest BCUT2D eigenvalue weighted by Gasteiger charge is 2.36. The van der Waals surface area contributed by atoms with Crippen LogP contribution in [0.25, 0.3) is 11.4 Å². The number of hydrogen-bond acceptors (Lipinski definition) is 4. The molecule has 2 aromatic carbocycles. The number of rotatable bonds is 3. The summed E-state index contributed by atoms with van der Waals surface area (Å²) >= 11 is 3.16. The van der Waals surface area contributed by atoms with Gasteiger partial charge in [0.05, 0.1) is 10.4 Å². The van der Waals surface area contributed by atoms with Crippen LogP contribution in [-0.4, -0.2) is 22.6 Å². The van der Waals surface area contributed by atoms with E-state index in [9.17, 15) is 9.18 Å². The predicted molar refractivity (Wildman–Crippen MR) is 108 cm³/mol. The van der Waals surface area contributed by atoms with Gasteiger partial charge in [0.15, 0.2) is 0 Å². The Labute approximate surface area is 170 Å². The first kappa shape index (κ1) is 18.8. The summed E-state index contributed by atoms with van der Waals surface area (Å²) in [5.74, 6) is 0.327. The monoisotopic (exact) mass is 443 g/mol. The van der Waals surface area contributed by atoms with Gasteiger partial charge in [-0.2, -0.15) is 4.98 Å². The molecule has 28 heavy (non-hydrogen) atoms. The standard InChI is InChI=1S/C21H19BrFN3O2/c1-11-6-12(2)19(13(3)7-11)26-10-15(9-18(26)27)21-24-20(25-28-21)14-4-5-17(23)16(22)8-14/h4-8,15H,9-10H2,1-3H3. The molecule has 1 fully saturated rings. The molecule has 3 aromatic rings. The Balaban J connectivity index is 1.60. The number of hydrogen-bond donors (Lipinski definition) is 0. The number of anilines is 1. The summed E-state index contributed by atoms with van der Waals surface area (Å²) in [6, 6.07) is 8.72. The zero-order valence-electron chi connectivity index (χ0n) is 15.8. The van der Waals surface area contributed by atoms with Gasteiger partial charge in [-0.25, -0.2) is 4.39 Å². The lowest BCUT2D eigenvalue weighted by atomic mass is 10.0. The molecule has 0 aliphatic carbocycles. The van der Waals surface area contributed by atoms with Crippen molar-refractivity contribution in [3.63, 3.8) is 0 Å². The molecule has 7 heteroatoms. The molecule has 5 nitrogen and oxygen atoms in total. The first-order valence-corrected chi connectivity index (χ1v) is 9.80. The number of amides is 1. The van der Waals surface area contributed by atoms with Gasteiger partial charge in [-0.3, -0.25) is 4.79 Å². The maximum atomic E-state index is 13.4. The highest BCUT2D eigenvalue weighted by Crippen LogP contribution is 2.35. The molecule has 1 saturated heterocycles. The molecule has 0 radical (unpaired) electrons. The fourth-order valence-electron chi connectivity index (χ4n) is 3.84. The summed E-state index contributed by atoms with van der Waals surface area (Å²) in [7, 11) is 0. The average molecular weight is 444 g/mol. The minimum absolute atomic E-state index is 0.0457. The van der Waals surface area contributed by atoms with Crippen LogP contribution in [0.1, 0.15) is 34.9 Å². The highest BCUT2D eigenvalue weighted by molar-refractivity contribution is 9.10. The lowest BCUT2D eigenvalue weighted by molar-refractivity contribution is -0.117. The van der Waals surface area contributed by atoms with Gasteiger partial charge in [0.2, 0.25) is 17.6 Å². The van der Waals surface area contributed by atoms with E-state index in [2.05, 4.69) is 38.2 Å². The van der Waals surface area contributed by atoms with Gasteiger partial charge >= 0.3 is 0 Å². The smallest absolute Gasteiger partial charge is 0.232 e. The van der Waals surface area contributed by atoms with Crippen LogP contribution in [0.5, 0.6) is 0 Å². The van der Waals surface area contributed by atoms with Crippen LogP contribution in [0.4, 0.5) is 10.1 Å². The fourth-order valence-corrected chi connectivity index (χ4v) is 4.22. The Morgan fingerprint density at radius 1 is 1.18 bits per heavy atom. The van der Waals surface area contributed by atoms with E-state index in [1.165, 1.54) is 11.6 Å². The number of carbonyl (C=O) groups excluding carboxylic acids is 1. The van der Waals surface area contributed by atoms with Crippen molar-refractivity contribution in [1.82, 2.24) is 10.1 Å². The maximum absolute atomic E-state index is 13.4. The molecular formula is C21H19BrFN3O2. The summed E-state index contributed by atoms with van der Waals surface area (Å²) in [5, 5.41) is 4.01. The van der Waals surface area contributed by atoms with Crippen molar-refractivity contribution in [2.45, 2.75) is 33.1 Å². The number of aryl methyl sites for hydroxylation is 3. The molecule has 0 saturated carbocycles. The molecule has 1 aliphatic heterocycles. The molecule has 1 atom stereocenters. The van der Waals surface area contributed by atoms with Crippen LogP contribution in [-0.2, 0) is 4.79 Å². The fraction of sp³-hybridized carbons (Fsp3) is 0.286. The van der Waals surface area contributed by atoms with Crippen molar-refractivity contribution in [1.29, 1.82) is 0 Å². The number of nitrogens with zero attached hydrogens (tertiary/aromatic N) is 3. The molecule has 144 valence electrons. The van der Waals surface area contributed by atoms with Gasteiger partial charge in [0, 0.05) is 24.2 Å². The van der Waals surface area contributed by atoms with E-state index in [-0.39, 0.29) is 17.6 Å². The van der Waals surface area contributed by atoms with Crippen molar-refractivity contribution >= 4 is 27.5 Å². The van der Waals surface area contributed by atoms with Crippen LogP contribution < -0.4 is 4.90 Å². The topological polar surface area (TPSA) is 59.2 Å². The Hall–Kier alpha value is -2.54. The van der Waals surface area contributed by atoms with E-state index in [0.29, 0.717) is 34.7 Å². The molecule has 4 rings (SSSR count). The lowest BCUT2D eigenvalue weighted by Crippen LogP contribution is -2.26. The van der Waals surface area contributed by atoms with Crippen LogP contribution >= 0.6 is 15.9 Å². The summed E-state index contributed by atoms with van der Waals surface area (Å²) in [6.07, 6.45) is 0.321. The van der Waals surface area contributed by atoms with Crippen molar-refractivity contribution in [3.8, 4) is 11.4 Å².